The number of amides is 1. The number of carbonyl (C=O) groups excluding carboxylic acids is 1. The van der Waals surface area contributed by atoms with E-state index in [2.05, 4.69) is 5.16 Å². The largest absolute Gasteiger partial charge is 0.489 e. The first-order valence-electron chi connectivity index (χ1n) is 9.78. The van der Waals surface area contributed by atoms with Gasteiger partial charge in [-0.2, -0.15) is 0 Å². The van der Waals surface area contributed by atoms with Crippen LogP contribution in [0.5, 0.6) is 5.75 Å². The van der Waals surface area contributed by atoms with Crippen molar-refractivity contribution in [3.05, 3.63) is 70.6 Å². The van der Waals surface area contributed by atoms with Gasteiger partial charge in [-0.3, -0.25) is 9.69 Å². The predicted octanol–water partition coefficient (Wildman–Crippen LogP) is 4.28. The van der Waals surface area contributed by atoms with E-state index in [1.54, 1.807) is 17.0 Å². The lowest BCUT2D eigenvalue weighted by Crippen LogP contribution is -2.27. The summed E-state index contributed by atoms with van der Waals surface area (Å²) in [6.07, 6.45) is 1.60. The van der Waals surface area contributed by atoms with Crippen LogP contribution in [0.3, 0.4) is 0 Å². The Balaban J connectivity index is 1.46. The number of hydrogen-bond donors (Lipinski definition) is 1. The molecular formula is C23H20N2O5. The van der Waals surface area contributed by atoms with Crippen molar-refractivity contribution in [2.24, 2.45) is 0 Å². The molecule has 0 saturated heterocycles. The maximum atomic E-state index is 13.3. The summed E-state index contributed by atoms with van der Waals surface area (Å²) >= 11 is 0. The maximum Gasteiger partial charge on any atom is 0.335 e. The van der Waals surface area contributed by atoms with Crippen molar-refractivity contribution in [2.75, 3.05) is 4.90 Å². The van der Waals surface area contributed by atoms with Gasteiger partial charge in [0.15, 0.2) is 0 Å². The molecule has 7 heteroatoms. The Labute approximate surface area is 172 Å². The summed E-state index contributed by atoms with van der Waals surface area (Å²) in [5.41, 5.74) is 3.88. The number of benzene rings is 2. The van der Waals surface area contributed by atoms with Gasteiger partial charge in [0.2, 0.25) is 5.91 Å². The molecule has 7 nitrogen and oxygen atoms in total. The van der Waals surface area contributed by atoms with E-state index in [4.69, 9.17) is 14.4 Å². The van der Waals surface area contributed by atoms with Crippen LogP contribution >= 0.6 is 0 Å². The third kappa shape index (κ3) is 2.69. The van der Waals surface area contributed by atoms with Crippen LogP contribution < -0.4 is 9.64 Å². The van der Waals surface area contributed by atoms with Gasteiger partial charge in [-0.05, 0) is 74.7 Å². The normalized spacial score (nSPS) is 16.1. The van der Waals surface area contributed by atoms with E-state index in [1.807, 2.05) is 32.0 Å². The van der Waals surface area contributed by atoms with Gasteiger partial charge in [-0.15, -0.1) is 0 Å². The highest BCUT2D eigenvalue weighted by Crippen LogP contribution is 2.59. The predicted molar refractivity (Wildman–Crippen MR) is 108 cm³/mol. The molecule has 5 rings (SSSR count). The summed E-state index contributed by atoms with van der Waals surface area (Å²) in [6, 6.07) is 12.1. The molecule has 1 N–H and O–H groups in total. The van der Waals surface area contributed by atoms with Crippen molar-refractivity contribution < 1.29 is 24.0 Å². The molecule has 2 aliphatic rings. The molecular weight excluding hydrogens is 384 g/mol. The van der Waals surface area contributed by atoms with Crippen molar-refractivity contribution in [1.82, 2.24) is 5.16 Å². The number of aromatic carboxylic acids is 1. The third-order valence-corrected chi connectivity index (χ3v) is 6.02. The number of anilines is 2. The molecule has 2 heterocycles. The van der Waals surface area contributed by atoms with Crippen LogP contribution in [0.4, 0.5) is 11.4 Å². The fraction of sp³-hybridized carbons (Fsp3) is 0.261. The van der Waals surface area contributed by atoms with Crippen molar-refractivity contribution in [3.8, 4) is 5.75 Å². The first-order chi connectivity index (χ1) is 14.4. The van der Waals surface area contributed by atoms with Crippen molar-refractivity contribution >= 4 is 23.3 Å². The number of carboxylic acid groups (broad SMARTS) is 1. The topological polar surface area (TPSA) is 92.9 Å². The molecule has 0 bridgehead atoms. The molecule has 152 valence electrons. The highest BCUT2D eigenvalue weighted by atomic mass is 16.5. The minimum absolute atomic E-state index is 0.0310. The lowest BCUT2D eigenvalue weighted by atomic mass is 9.98. The molecule has 0 unspecified atom stereocenters. The number of fused-ring (bicyclic) bond motifs is 2. The Hall–Kier alpha value is -3.61. The number of hydrogen-bond acceptors (Lipinski definition) is 5. The Morgan fingerprint density at radius 1 is 1.20 bits per heavy atom. The smallest absolute Gasteiger partial charge is 0.335 e. The van der Waals surface area contributed by atoms with E-state index in [0.717, 1.165) is 41.1 Å². The molecule has 0 atom stereocenters. The molecule has 1 aromatic heterocycles. The first kappa shape index (κ1) is 18.4. The van der Waals surface area contributed by atoms with Gasteiger partial charge in [0.25, 0.3) is 0 Å². The highest BCUT2D eigenvalue weighted by Gasteiger charge is 2.59. The molecule has 0 radical (unpaired) electrons. The number of rotatable bonds is 5. The monoisotopic (exact) mass is 404 g/mol. The quantitative estimate of drug-likeness (QED) is 0.682. The minimum atomic E-state index is -0.992. The average Bonchev–Trinajstić information content (AvgIpc) is 3.43. The second kappa shape index (κ2) is 6.45. The number of nitrogens with zero attached hydrogens (tertiary/aromatic N) is 2. The SMILES string of the molecule is Cc1noc(C)c1COc1ccc2c(c1)C1(CC1)C(=O)N2c1ccc(C(=O)O)cc1. The van der Waals surface area contributed by atoms with Crippen LogP contribution in [-0.2, 0) is 16.8 Å². The molecule has 1 aliphatic heterocycles. The second-order valence-electron chi connectivity index (χ2n) is 7.85. The van der Waals surface area contributed by atoms with Gasteiger partial charge >= 0.3 is 5.97 Å². The van der Waals surface area contributed by atoms with E-state index in [0.29, 0.717) is 18.0 Å². The summed E-state index contributed by atoms with van der Waals surface area (Å²) in [5, 5.41) is 13.1. The van der Waals surface area contributed by atoms with Gasteiger partial charge in [0.05, 0.1) is 27.9 Å². The molecule has 1 saturated carbocycles. The van der Waals surface area contributed by atoms with E-state index in [1.165, 1.54) is 12.1 Å². The van der Waals surface area contributed by atoms with Gasteiger partial charge < -0.3 is 14.4 Å². The summed E-state index contributed by atoms with van der Waals surface area (Å²) in [7, 11) is 0. The number of aryl methyl sites for hydroxylation is 2. The fourth-order valence-corrected chi connectivity index (χ4v) is 4.10. The average molecular weight is 404 g/mol. The number of aromatic nitrogens is 1. The Kier molecular flexibility index (Phi) is 3.96. The van der Waals surface area contributed by atoms with E-state index in [-0.39, 0.29) is 11.5 Å². The summed E-state index contributed by atoms with van der Waals surface area (Å²) in [6.45, 7) is 4.08. The van der Waals surface area contributed by atoms with Gasteiger partial charge in [0.1, 0.15) is 18.1 Å². The Morgan fingerprint density at radius 2 is 1.93 bits per heavy atom. The van der Waals surface area contributed by atoms with Crippen LogP contribution in [0.25, 0.3) is 0 Å². The summed E-state index contributed by atoms with van der Waals surface area (Å²) in [4.78, 5) is 26.1. The van der Waals surface area contributed by atoms with Crippen molar-refractivity contribution in [3.63, 3.8) is 0 Å². The number of ether oxygens (including phenoxy) is 1. The van der Waals surface area contributed by atoms with Gasteiger partial charge in [-0.1, -0.05) is 5.16 Å². The lowest BCUT2D eigenvalue weighted by Gasteiger charge is -2.18. The molecule has 3 aromatic rings. The van der Waals surface area contributed by atoms with Crippen LogP contribution in [0.2, 0.25) is 0 Å². The molecule has 1 spiro atoms. The zero-order chi connectivity index (χ0) is 21.0. The maximum absolute atomic E-state index is 13.3. The number of carboxylic acids is 1. The highest BCUT2D eigenvalue weighted by molar-refractivity contribution is 6.14. The summed E-state index contributed by atoms with van der Waals surface area (Å²) in [5.74, 6) is 0.464. The standard InChI is InChI=1S/C23H20N2O5/c1-13-18(14(2)30-24-13)12-29-17-7-8-20-19(11-17)23(9-10-23)22(28)25(20)16-5-3-15(4-6-16)21(26)27/h3-8,11H,9-10,12H2,1-2H3,(H,26,27). The Morgan fingerprint density at radius 3 is 2.53 bits per heavy atom. The molecule has 2 aromatic carbocycles. The van der Waals surface area contributed by atoms with Crippen LogP contribution in [-0.4, -0.2) is 22.1 Å². The van der Waals surface area contributed by atoms with E-state index < -0.39 is 11.4 Å². The fourth-order valence-electron chi connectivity index (χ4n) is 4.10. The first-order valence-corrected chi connectivity index (χ1v) is 9.78. The second-order valence-corrected chi connectivity index (χ2v) is 7.85. The van der Waals surface area contributed by atoms with Crippen LogP contribution in [0, 0.1) is 13.8 Å². The van der Waals surface area contributed by atoms with Crippen LogP contribution in [0.15, 0.2) is 47.0 Å². The molecule has 1 aliphatic carbocycles. The van der Waals surface area contributed by atoms with E-state index >= 15 is 0 Å². The van der Waals surface area contributed by atoms with Gasteiger partial charge in [-0.25, -0.2) is 4.79 Å². The lowest BCUT2D eigenvalue weighted by molar-refractivity contribution is -0.119. The van der Waals surface area contributed by atoms with E-state index in [9.17, 15) is 9.59 Å². The minimum Gasteiger partial charge on any atom is -0.489 e. The number of carbonyl (C=O) groups is 2. The van der Waals surface area contributed by atoms with Gasteiger partial charge in [0, 0.05) is 5.69 Å². The zero-order valence-electron chi connectivity index (χ0n) is 16.6. The zero-order valence-corrected chi connectivity index (χ0v) is 16.6. The molecule has 30 heavy (non-hydrogen) atoms. The van der Waals surface area contributed by atoms with Crippen molar-refractivity contribution in [2.45, 2.75) is 38.7 Å². The molecule has 1 fully saturated rings. The molecule has 1 amide bonds. The van der Waals surface area contributed by atoms with Crippen molar-refractivity contribution in [1.29, 1.82) is 0 Å². The third-order valence-electron chi connectivity index (χ3n) is 6.02. The Bertz CT molecular complexity index is 1160. The summed E-state index contributed by atoms with van der Waals surface area (Å²) < 4.78 is 11.2. The van der Waals surface area contributed by atoms with Crippen LogP contribution in [0.1, 0.15) is 45.8 Å².